The van der Waals surface area contributed by atoms with E-state index < -0.39 is 5.54 Å². The van der Waals surface area contributed by atoms with E-state index in [1.165, 1.54) is 0 Å². The fourth-order valence-electron chi connectivity index (χ4n) is 2.05. The first-order valence-electron chi connectivity index (χ1n) is 6.84. The third-order valence-corrected chi connectivity index (χ3v) is 3.97. The molecule has 1 unspecified atom stereocenters. The second-order valence-electron chi connectivity index (χ2n) is 5.61. The van der Waals surface area contributed by atoms with Crippen LogP contribution in [0.4, 0.5) is 0 Å². The molecule has 0 aliphatic heterocycles. The molecule has 1 atom stereocenters. The van der Waals surface area contributed by atoms with Crippen LogP contribution in [-0.4, -0.2) is 23.0 Å². The highest BCUT2D eigenvalue weighted by atomic mass is 35.5. The fraction of sp³-hybridized carbons (Fsp3) is 0.375. The monoisotopic (exact) mass is 343 g/mol. The number of carbonyl (C=O) groups excluding carboxylic acids is 1. The van der Waals surface area contributed by atoms with Crippen molar-refractivity contribution < 1.29 is 4.79 Å². The molecule has 6 heteroatoms. The summed E-state index contributed by atoms with van der Waals surface area (Å²) in [7, 11) is 0. The molecule has 1 amide bonds. The van der Waals surface area contributed by atoms with Gasteiger partial charge in [-0.25, -0.2) is 0 Å². The quantitative estimate of drug-likeness (QED) is 0.895. The second-order valence-corrected chi connectivity index (χ2v) is 5.61. The molecule has 4 nitrogen and oxygen atoms in total. The van der Waals surface area contributed by atoms with Gasteiger partial charge in [-0.3, -0.25) is 9.78 Å². The minimum Gasteiger partial charge on any atom is -0.345 e. The highest BCUT2D eigenvalue weighted by molar-refractivity contribution is 6.05. The van der Waals surface area contributed by atoms with Gasteiger partial charge >= 0.3 is 0 Å². The van der Waals surface area contributed by atoms with Crippen molar-refractivity contribution in [3.8, 4) is 0 Å². The predicted octanol–water partition coefficient (Wildman–Crippen LogP) is 3.18. The summed E-state index contributed by atoms with van der Waals surface area (Å²) in [5, 5.41) is 4.00. The number of hydrogen-bond donors (Lipinski definition) is 2. The Hall–Kier alpha value is -1.36. The van der Waals surface area contributed by atoms with Crippen LogP contribution in [0.15, 0.2) is 36.5 Å². The maximum Gasteiger partial charge on any atom is 0.253 e. The predicted molar refractivity (Wildman–Crippen MR) is 96.0 cm³/mol. The molecule has 1 aromatic carbocycles. The normalized spacial score (nSPS) is 13.0. The van der Waals surface area contributed by atoms with Gasteiger partial charge in [0.2, 0.25) is 0 Å². The second kappa shape index (κ2) is 8.32. The summed E-state index contributed by atoms with van der Waals surface area (Å²) in [4.78, 5) is 16.8. The summed E-state index contributed by atoms with van der Waals surface area (Å²) in [6.07, 6.45) is 1.70. The van der Waals surface area contributed by atoms with Crippen LogP contribution in [0.1, 0.15) is 31.1 Å². The number of hydrogen-bond acceptors (Lipinski definition) is 3. The van der Waals surface area contributed by atoms with E-state index in [0.717, 1.165) is 10.9 Å². The number of nitrogens with zero attached hydrogens (tertiary/aromatic N) is 1. The van der Waals surface area contributed by atoms with Crippen LogP contribution in [0.5, 0.6) is 0 Å². The van der Waals surface area contributed by atoms with E-state index in [1.54, 1.807) is 12.3 Å². The van der Waals surface area contributed by atoms with Gasteiger partial charge in [0, 0.05) is 18.1 Å². The first kappa shape index (κ1) is 20.6. The van der Waals surface area contributed by atoms with Crippen LogP contribution < -0.4 is 11.1 Å². The molecular formula is C16H23Cl2N3O. The highest BCUT2D eigenvalue weighted by Crippen LogP contribution is 2.19. The van der Waals surface area contributed by atoms with Crippen LogP contribution >= 0.6 is 24.8 Å². The minimum absolute atomic E-state index is 0. The first-order chi connectivity index (χ1) is 9.48. The van der Waals surface area contributed by atoms with E-state index in [2.05, 4.69) is 24.1 Å². The number of pyridine rings is 1. The van der Waals surface area contributed by atoms with E-state index >= 15 is 0 Å². The maximum absolute atomic E-state index is 12.5. The van der Waals surface area contributed by atoms with Crippen molar-refractivity contribution in [2.75, 3.05) is 6.54 Å². The van der Waals surface area contributed by atoms with E-state index in [-0.39, 0.29) is 36.6 Å². The van der Waals surface area contributed by atoms with E-state index in [1.807, 2.05) is 31.2 Å². The molecule has 1 aromatic heterocycles. The van der Waals surface area contributed by atoms with Crippen molar-refractivity contribution in [3.63, 3.8) is 0 Å². The summed E-state index contributed by atoms with van der Waals surface area (Å²) in [5.74, 6) is 0.121. The molecule has 0 aliphatic carbocycles. The molecule has 0 spiro atoms. The molecule has 122 valence electrons. The Morgan fingerprint density at radius 1 is 1.27 bits per heavy atom. The van der Waals surface area contributed by atoms with E-state index in [4.69, 9.17) is 5.73 Å². The Kier molecular flexibility index (Phi) is 7.81. The van der Waals surface area contributed by atoms with Gasteiger partial charge in [0.05, 0.1) is 16.6 Å². The number of aromatic nitrogens is 1. The summed E-state index contributed by atoms with van der Waals surface area (Å²) < 4.78 is 0. The van der Waals surface area contributed by atoms with E-state index in [0.29, 0.717) is 12.1 Å². The van der Waals surface area contributed by atoms with Crippen LogP contribution in [0.2, 0.25) is 0 Å². The van der Waals surface area contributed by atoms with Crippen molar-refractivity contribution in [3.05, 3.63) is 42.1 Å². The van der Waals surface area contributed by atoms with Crippen LogP contribution in [0, 0.1) is 5.92 Å². The standard InChI is InChI=1S/C16H21N3O.2ClH/c1-11(2)16(3,10-17)19-15(20)13-8-4-6-12-7-5-9-18-14(12)13;;/h4-9,11H,10,17H2,1-3H3,(H,19,20);2*1H. The molecule has 0 radical (unpaired) electrons. The molecule has 2 aromatic rings. The summed E-state index contributed by atoms with van der Waals surface area (Å²) in [6.45, 7) is 6.46. The van der Waals surface area contributed by atoms with Gasteiger partial charge < -0.3 is 11.1 Å². The number of benzene rings is 1. The Balaban J connectivity index is 0.00000220. The third-order valence-electron chi connectivity index (χ3n) is 3.97. The zero-order valence-corrected chi connectivity index (χ0v) is 14.6. The van der Waals surface area contributed by atoms with Crippen molar-refractivity contribution in [2.45, 2.75) is 26.3 Å². The van der Waals surface area contributed by atoms with Gasteiger partial charge in [-0.05, 0) is 25.0 Å². The summed E-state index contributed by atoms with van der Waals surface area (Å²) in [5.41, 5.74) is 6.70. The van der Waals surface area contributed by atoms with E-state index in [9.17, 15) is 4.79 Å². The molecule has 1 heterocycles. The van der Waals surface area contributed by atoms with Gasteiger partial charge in [0.25, 0.3) is 5.91 Å². The number of amides is 1. The average Bonchev–Trinajstić information content (AvgIpc) is 2.46. The van der Waals surface area contributed by atoms with Crippen LogP contribution in [0.3, 0.4) is 0 Å². The van der Waals surface area contributed by atoms with Gasteiger partial charge in [0.1, 0.15) is 0 Å². The smallest absolute Gasteiger partial charge is 0.253 e. The number of rotatable bonds is 4. The summed E-state index contributed by atoms with van der Waals surface area (Å²) >= 11 is 0. The minimum atomic E-state index is -0.423. The third kappa shape index (κ3) is 4.09. The van der Waals surface area contributed by atoms with Crippen LogP contribution in [-0.2, 0) is 0 Å². The molecule has 0 bridgehead atoms. The molecule has 0 aliphatic rings. The Morgan fingerprint density at radius 2 is 1.91 bits per heavy atom. The van der Waals surface area contributed by atoms with Gasteiger partial charge in [-0.2, -0.15) is 0 Å². The zero-order chi connectivity index (χ0) is 14.8. The lowest BCUT2D eigenvalue weighted by molar-refractivity contribution is 0.0885. The van der Waals surface area contributed by atoms with Gasteiger partial charge in [-0.1, -0.05) is 32.0 Å². The lowest BCUT2D eigenvalue weighted by atomic mass is 9.88. The van der Waals surface area contributed by atoms with Crippen molar-refractivity contribution in [1.82, 2.24) is 10.3 Å². The lowest BCUT2D eigenvalue weighted by Crippen LogP contribution is -2.55. The Labute approximate surface area is 143 Å². The number of fused-ring (bicyclic) bond motifs is 1. The highest BCUT2D eigenvalue weighted by Gasteiger charge is 2.29. The van der Waals surface area contributed by atoms with Crippen molar-refractivity contribution in [2.24, 2.45) is 11.7 Å². The topological polar surface area (TPSA) is 68.0 Å². The average molecular weight is 344 g/mol. The lowest BCUT2D eigenvalue weighted by Gasteiger charge is -2.33. The maximum atomic E-state index is 12.5. The van der Waals surface area contributed by atoms with Gasteiger partial charge in [-0.15, -0.1) is 24.8 Å². The van der Waals surface area contributed by atoms with Gasteiger partial charge in [0.15, 0.2) is 0 Å². The Bertz CT molecular complexity index is 628. The van der Waals surface area contributed by atoms with Crippen molar-refractivity contribution >= 4 is 41.6 Å². The summed E-state index contributed by atoms with van der Waals surface area (Å²) in [6, 6.07) is 9.42. The number of halogens is 2. The largest absolute Gasteiger partial charge is 0.345 e. The fourth-order valence-corrected chi connectivity index (χ4v) is 2.05. The molecule has 0 fully saturated rings. The molecule has 0 saturated heterocycles. The molecular weight excluding hydrogens is 321 g/mol. The number of para-hydroxylation sites is 1. The Morgan fingerprint density at radius 3 is 2.50 bits per heavy atom. The molecule has 3 N–H and O–H groups in total. The number of nitrogens with one attached hydrogen (secondary N) is 1. The zero-order valence-electron chi connectivity index (χ0n) is 13.0. The SMILES string of the molecule is CC(C)C(C)(CN)NC(=O)c1cccc2cccnc12.Cl.Cl. The molecule has 22 heavy (non-hydrogen) atoms. The number of carbonyl (C=O) groups is 1. The van der Waals surface area contributed by atoms with Crippen LogP contribution in [0.25, 0.3) is 10.9 Å². The molecule has 2 rings (SSSR count). The van der Waals surface area contributed by atoms with Crippen molar-refractivity contribution in [1.29, 1.82) is 0 Å². The number of nitrogens with two attached hydrogens (primary N) is 1. The first-order valence-corrected chi connectivity index (χ1v) is 6.84. The molecule has 0 saturated carbocycles.